The van der Waals surface area contributed by atoms with Crippen molar-refractivity contribution < 1.29 is 4.79 Å². The number of aliphatic imine (C=N–C) groups is 1. The molecule has 30 heavy (non-hydrogen) atoms. The lowest BCUT2D eigenvalue weighted by Gasteiger charge is -2.38. The van der Waals surface area contributed by atoms with Gasteiger partial charge in [-0.25, -0.2) is 0 Å². The summed E-state index contributed by atoms with van der Waals surface area (Å²) in [7, 11) is 0. The molecule has 0 spiro atoms. The standard InChI is InChI=1S/C23H35N5O.HI/c29-22(20-8-7-9-20)27-18-16-26(17-19-27)15-12-24-23(28-13-5-2-6-14-28)25-21-10-3-1-4-11-21;/h1,3-4,10-11,20H,2,5-9,12-19H2,(H,24,25);1H. The van der Waals surface area contributed by atoms with E-state index in [1.165, 1.54) is 25.7 Å². The van der Waals surface area contributed by atoms with Gasteiger partial charge in [0.05, 0.1) is 6.54 Å². The average Bonchev–Trinajstić information content (AvgIpc) is 2.73. The molecule has 1 amide bonds. The van der Waals surface area contributed by atoms with Crippen LogP contribution in [0.15, 0.2) is 35.3 Å². The minimum absolute atomic E-state index is 0. The van der Waals surface area contributed by atoms with Gasteiger partial charge >= 0.3 is 0 Å². The molecule has 3 aliphatic rings. The Labute approximate surface area is 198 Å². The van der Waals surface area contributed by atoms with Gasteiger partial charge in [0.25, 0.3) is 0 Å². The van der Waals surface area contributed by atoms with Crippen LogP contribution in [0.1, 0.15) is 38.5 Å². The highest BCUT2D eigenvalue weighted by Crippen LogP contribution is 2.28. The normalized spacial score (nSPS) is 21.0. The molecule has 0 aromatic heterocycles. The third kappa shape index (κ3) is 6.33. The lowest BCUT2D eigenvalue weighted by atomic mass is 9.84. The maximum Gasteiger partial charge on any atom is 0.225 e. The number of rotatable bonds is 5. The van der Waals surface area contributed by atoms with Crippen molar-refractivity contribution in [3.63, 3.8) is 0 Å². The van der Waals surface area contributed by atoms with Crippen molar-refractivity contribution in [2.24, 2.45) is 10.9 Å². The van der Waals surface area contributed by atoms with Crippen LogP contribution in [-0.2, 0) is 4.79 Å². The van der Waals surface area contributed by atoms with Gasteiger partial charge in [0.15, 0.2) is 5.96 Å². The summed E-state index contributed by atoms with van der Waals surface area (Å²) in [6, 6.07) is 10.3. The van der Waals surface area contributed by atoms with Gasteiger partial charge in [-0.05, 0) is 44.2 Å². The van der Waals surface area contributed by atoms with Crippen molar-refractivity contribution in [2.75, 3.05) is 57.7 Å². The average molecular weight is 525 g/mol. The molecule has 1 N–H and O–H groups in total. The highest BCUT2D eigenvalue weighted by molar-refractivity contribution is 14.0. The van der Waals surface area contributed by atoms with Gasteiger partial charge in [-0.15, -0.1) is 24.0 Å². The van der Waals surface area contributed by atoms with Gasteiger partial charge in [0, 0.05) is 57.4 Å². The van der Waals surface area contributed by atoms with Crippen molar-refractivity contribution >= 4 is 41.5 Å². The third-order valence-corrected chi connectivity index (χ3v) is 6.50. The third-order valence-electron chi connectivity index (χ3n) is 6.50. The fourth-order valence-electron chi connectivity index (χ4n) is 4.38. The van der Waals surface area contributed by atoms with Crippen LogP contribution in [0.4, 0.5) is 5.69 Å². The summed E-state index contributed by atoms with van der Waals surface area (Å²) in [4.78, 5) is 24.3. The van der Waals surface area contributed by atoms with Crippen molar-refractivity contribution in [3.8, 4) is 0 Å². The summed E-state index contributed by atoms with van der Waals surface area (Å²) < 4.78 is 0. The number of nitrogens with one attached hydrogen (secondary N) is 1. The highest BCUT2D eigenvalue weighted by Gasteiger charge is 2.31. The number of piperidine rings is 1. The predicted molar refractivity (Wildman–Crippen MR) is 134 cm³/mol. The first-order chi connectivity index (χ1) is 14.3. The number of piperazine rings is 1. The number of carbonyl (C=O) groups is 1. The van der Waals surface area contributed by atoms with E-state index in [0.717, 1.165) is 76.8 Å². The van der Waals surface area contributed by atoms with Gasteiger partial charge in [-0.3, -0.25) is 14.7 Å². The largest absolute Gasteiger partial charge is 0.343 e. The SMILES string of the molecule is I.O=C(C1CCC1)N1CCN(CCN=C(Nc2ccccc2)N2CCCCC2)CC1. The number of guanidine groups is 1. The number of likely N-dealkylation sites (tertiary alicyclic amines) is 1. The molecule has 2 aliphatic heterocycles. The van der Waals surface area contributed by atoms with Crippen LogP contribution in [0, 0.1) is 5.92 Å². The summed E-state index contributed by atoms with van der Waals surface area (Å²) in [6.07, 6.45) is 7.23. The van der Waals surface area contributed by atoms with E-state index in [1.54, 1.807) is 0 Å². The first-order valence-electron chi connectivity index (χ1n) is 11.4. The lowest BCUT2D eigenvalue weighted by Crippen LogP contribution is -2.51. The molecule has 0 unspecified atom stereocenters. The smallest absolute Gasteiger partial charge is 0.225 e. The summed E-state index contributed by atoms with van der Waals surface area (Å²) in [5.74, 6) is 1.73. The molecule has 1 aliphatic carbocycles. The number of nitrogens with zero attached hydrogens (tertiary/aromatic N) is 4. The molecule has 1 aromatic rings. The molecule has 6 nitrogen and oxygen atoms in total. The second-order valence-electron chi connectivity index (χ2n) is 8.54. The zero-order chi connectivity index (χ0) is 19.9. The topological polar surface area (TPSA) is 51.2 Å². The summed E-state index contributed by atoms with van der Waals surface area (Å²) in [6.45, 7) is 7.61. The molecule has 0 atom stereocenters. The fraction of sp³-hybridized carbons (Fsp3) is 0.652. The van der Waals surface area contributed by atoms with Crippen LogP contribution in [0.5, 0.6) is 0 Å². The Balaban J connectivity index is 0.00000256. The van der Waals surface area contributed by atoms with Crippen molar-refractivity contribution in [3.05, 3.63) is 30.3 Å². The van der Waals surface area contributed by atoms with Gasteiger partial charge in [-0.2, -0.15) is 0 Å². The van der Waals surface area contributed by atoms with Gasteiger partial charge in [0.2, 0.25) is 5.91 Å². The summed E-state index contributed by atoms with van der Waals surface area (Å²) in [5.41, 5.74) is 1.10. The lowest BCUT2D eigenvalue weighted by molar-refractivity contribution is -0.139. The van der Waals surface area contributed by atoms with Crippen molar-refractivity contribution in [2.45, 2.75) is 38.5 Å². The van der Waals surface area contributed by atoms with Crippen LogP contribution in [0.3, 0.4) is 0 Å². The number of benzene rings is 1. The zero-order valence-electron chi connectivity index (χ0n) is 18.0. The van der Waals surface area contributed by atoms with E-state index in [-0.39, 0.29) is 24.0 Å². The minimum atomic E-state index is 0. The van der Waals surface area contributed by atoms with Crippen LogP contribution in [0.2, 0.25) is 0 Å². The van der Waals surface area contributed by atoms with Gasteiger partial charge < -0.3 is 15.1 Å². The van der Waals surface area contributed by atoms with Gasteiger partial charge in [-0.1, -0.05) is 24.6 Å². The van der Waals surface area contributed by atoms with Crippen LogP contribution in [0.25, 0.3) is 0 Å². The summed E-state index contributed by atoms with van der Waals surface area (Å²) in [5, 5.41) is 3.54. The van der Waals surface area contributed by atoms with E-state index in [0.29, 0.717) is 11.8 Å². The highest BCUT2D eigenvalue weighted by atomic mass is 127. The Morgan fingerprint density at radius 1 is 0.900 bits per heavy atom. The molecule has 7 heteroatoms. The van der Waals surface area contributed by atoms with E-state index in [9.17, 15) is 4.79 Å². The Morgan fingerprint density at radius 2 is 1.60 bits per heavy atom. The zero-order valence-corrected chi connectivity index (χ0v) is 20.3. The van der Waals surface area contributed by atoms with Gasteiger partial charge in [0.1, 0.15) is 0 Å². The first-order valence-corrected chi connectivity index (χ1v) is 11.4. The number of anilines is 1. The van der Waals surface area contributed by atoms with Crippen LogP contribution in [-0.4, -0.2) is 78.9 Å². The molecule has 166 valence electrons. The monoisotopic (exact) mass is 525 g/mol. The second kappa shape index (κ2) is 11.9. The van der Waals surface area contributed by atoms with E-state index in [1.807, 2.05) is 6.07 Å². The second-order valence-corrected chi connectivity index (χ2v) is 8.54. The minimum Gasteiger partial charge on any atom is -0.343 e. The van der Waals surface area contributed by atoms with E-state index < -0.39 is 0 Å². The number of hydrogen-bond donors (Lipinski definition) is 1. The summed E-state index contributed by atoms with van der Waals surface area (Å²) >= 11 is 0. The molecule has 0 bridgehead atoms. The predicted octanol–water partition coefficient (Wildman–Crippen LogP) is 3.50. The van der Waals surface area contributed by atoms with Crippen LogP contribution < -0.4 is 5.32 Å². The molecular formula is C23H36IN5O. The Morgan fingerprint density at radius 3 is 2.23 bits per heavy atom. The molecular weight excluding hydrogens is 489 g/mol. The number of carbonyl (C=O) groups excluding carboxylic acids is 1. The molecule has 1 aromatic carbocycles. The first kappa shape index (κ1) is 23.3. The number of hydrogen-bond acceptors (Lipinski definition) is 3. The van der Waals surface area contributed by atoms with E-state index in [2.05, 4.69) is 44.3 Å². The maximum absolute atomic E-state index is 12.4. The Bertz CT molecular complexity index is 680. The Kier molecular flexibility index (Phi) is 9.24. The maximum atomic E-state index is 12.4. The molecule has 0 radical (unpaired) electrons. The van der Waals surface area contributed by atoms with Crippen LogP contribution >= 0.6 is 24.0 Å². The van der Waals surface area contributed by atoms with Crippen molar-refractivity contribution in [1.82, 2.24) is 14.7 Å². The number of amides is 1. The number of halogens is 1. The fourth-order valence-corrected chi connectivity index (χ4v) is 4.38. The Hall–Kier alpha value is -1.35. The molecule has 2 heterocycles. The van der Waals surface area contributed by atoms with E-state index in [4.69, 9.17) is 4.99 Å². The molecule has 1 saturated carbocycles. The van der Waals surface area contributed by atoms with E-state index >= 15 is 0 Å². The molecule has 3 fully saturated rings. The molecule has 2 saturated heterocycles. The quantitative estimate of drug-likeness (QED) is 0.364. The number of para-hydroxylation sites is 1. The van der Waals surface area contributed by atoms with Crippen molar-refractivity contribution in [1.29, 1.82) is 0 Å². The molecule has 4 rings (SSSR count).